The quantitative estimate of drug-likeness (QED) is 0.662. The molecule has 0 aliphatic carbocycles. The monoisotopic (exact) mass is 275 g/mol. The highest BCUT2D eigenvalue weighted by Gasteiger charge is 1.96. The van der Waals surface area contributed by atoms with Gasteiger partial charge in [0.2, 0.25) is 0 Å². The van der Waals surface area contributed by atoms with Crippen molar-refractivity contribution in [3.05, 3.63) is 35.4 Å². The lowest BCUT2D eigenvalue weighted by molar-refractivity contribution is 0.306. The molecule has 1 aromatic carbocycles. The normalized spacial score (nSPS) is 11.9. The van der Waals surface area contributed by atoms with Gasteiger partial charge < -0.3 is 10.1 Å². The van der Waals surface area contributed by atoms with E-state index in [2.05, 4.69) is 63.4 Å². The summed E-state index contributed by atoms with van der Waals surface area (Å²) in [4.78, 5) is 0. The Kier molecular flexibility index (Phi) is 8.05. The highest BCUT2D eigenvalue weighted by molar-refractivity contribution is 5.53. The smallest absolute Gasteiger partial charge is 0.119 e. The number of ether oxygens (including phenoxy) is 1. The zero-order chi connectivity index (χ0) is 14.8. The summed E-state index contributed by atoms with van der Waals surface area (Å²) >= 11 is 0. The molecule has 20 heavy (non-hydrogen) atoms. The van der Waals surface area contributed by atoms with Gasteiger partial charge in [-0.25, -0.2) is 0 Å². The van der Waals surface area contributed by atoms with Crippen LogP contribution in [0.2, 0.25) is 0 Å². The summed E-state index contributed by atoms with van der Waals surface area (Å²) in [7, 11) is 0. The molecule has 0 aliphatic rings. The summed E-state index contributed by atoms with van der Waals surface area (Å²) in [5, 5.41) is 3.42. The number of unbranched alkanes of at least 4 members (excludes halogenated alkanes) is 2. The van der Waals surface area contributed by atoms with Crippen molar-refractivity contribution >= 4 is 6.08 Å². The third-order valence-electron chi connectivity index (χ3n) is 3.10. The minimum atomic E-state index is 0.525. The first kappa shape index (κ1) is 16.8. The summed E-state index contributed by atoms with van der Waals surface area (Å²) in [6, 6.07) is 8.88. The molecule has 1 aromatic rings. The van der Waals surface area contributed by atoms with E-state index in [4.69, 9.17) is 4.74 Å². The molecule has 0 aliphatic heterocycles. The molecule has 0 spiro atoms. The van der Waals surface area contributed by atoms with Crippen LogP contribution in [0.25, 0.3) is 6.08 Å². The maximum absolute atomic E-state index is 5.71. The Labute approximate surface area is 124 Å². The summed E-state index contributed by atoms with van der Waals surface area (Å²) in [5.41, 5.74) is 2.57. The number of hydrogen-bond donors (Lipinski definition) is 1. The first-order valence-corrected chi connectivity index (χ1v) is 7.75. The van der Waals surface area contributed by atoms with E-state index in [1.807, 2.05) is 0 Å². The molecule has 1 rings (SSSR count). The molecular formula is C18H29NO. The Bertz CT molecular complexity index is 392. The first-order chi connectivity index (χ1) is 9.61. The lowest BCUT2D eigenvalue weighted by atomic mass is 10.1. The largest absolute Gasteiger partial charge is 0.494 e. The molecular weight excluding hydrogens is 246 g/mol. The molecule has 0 saturated carbocycles. The van der Waals surface area contributed by atoms with Gasteiger partial charge in [-0.1, -0.05) is 57.4 Å². The van der Waals surface area contributed by atoms with E-state index in [1.165, 1.54) is 24.0 Å². The molecule has 0 amide bonds. The third kappa shape index (κ3) is 7.34. The predicted molar refractivity (Wildman–Crippen MR) is 88.3 cm³/mol. The fourth-order valence-electron chi connectivity index (χ4n) is 1.90. The van der Waals surface area contributed by atoms with Crippen LogP contribution in [0, 0.1) is 0 Å². The molecule has 0 bridgehead atoms. The fraction of sp³-hybridized carbons (Fsp3) is 0.556. The Morgan fingerprint density at radius 1 is 1.20 bits per heavy atom. The minimum absolute atomic E-state index is 0.525. The molecule has 112 valence electrons. The van der Waals surface area contributed by atoms with E-state index in [9.17, 15) is 0 Å². The van der Waals surface area contributed by atoms with E-state index in [0.717, 1.165) is 25.3 Å². The van der Waals surface area contributed by atoms with Crippen LogP contribution in [-0.4, -0.2) is 19.2 Å². The number of rotatable bonds is 9. The summed E-state index contributed by atoms with van der Waals surface area (Å²) in [6.07, 6.45) is 5.83. The van der Waals surface area contributed by atoms with E-state index < -0.39 is 0 Å². The molecule has 0 saturated heterocycles. The van der Waals surface area contributed by atoms with Crippen molar-refractivity contribution in [1.82, 2.24) is 5.32 Å². The van der Waals surface area contributed by atoms with Gasteiger partial charge in [0.15, 0.2) is 0 Å². The van der Waals surface area contributed by atoms with Crippen LogP contribution < -0.4 is 10.1 Å². The van der Waals surface area contributed by atoms with Crippen LogP contribution in [0.5, 0.6) is 5.75 Å². The van der Waals surface area contributed by atoms with Crippen molar-refractivity contribution in [2.75, 3.05) is 13.2 Å². The van der Waals surface area contributed by atoms with Gasteiger partial charge in [0.1, 0.15) is 5.75 Å². The van der Waals surface area contributed by atoms with Crippen LogP contribution in [-0.2, 0) is 0 Å². The second-order valence-electron chi connectivity index (χ2n) is 5.65. The molecule has 0 radical (unpaired) electrons. The van der Waals surface area contributed by atoms with Gasteiger partial charge in [0, 0.05) is 12.6 Å². The van der Waals surface area contributed by atoms with E-state index >= 15 is 0 Å². The van der Waals surface area contributed by atoms with Crippen molar-refractivity contribution in [3.8, 4) is 5.75 Å². The fourth-order valence-corrected chi connectivity index (χ4v) is 1.90. The van der Waals surface area contributed by atoms with Gasteiger partial charge in [0.05, 0.1) is 6.61 Å². The Hall–Kier alpha value is -1.28. The summed E-state index contributed by atoms with van der Waals surface area (Å²) < 4.78 is 5.71. The number of benzene rings is 1. The van der Waals surface area contributed by atoms with Gasteiger partial charge in [-0.3, -0.25) is 0 Å². The maximum Gasteiger partial charge on any atom is 0.119 e. The Morgan fingerprint density at radius 2 is 1.90 bits per heavy atom. The average molecular weight is 275 g/mol. The molecule has 0 atom stereocenters. The van der Waals surface area contributed by atoms with Crippen molar-refractivity contribution in [2.45, 2.75) is 53.0 Å². The SMILES string of the molecule is CCCCCOc1ccc(C=C(C)CNC(C)C)cc1. The van der Waals surface area contributed by atoms with Crippen LogP contribution >= 0.6 is 0 Å². The van der Waals surface area contributed by atoms with Crippen LogP contribution in [0.15, 0.2) is 29.8 Å². The number of nitrogens with one attached hydrogen (secondary N) is 1. The van der Waals surface area contributed by atoms with Crippen LogP contribution in [0.1, 0.15) is 52.5 Å². The maximum atomic E-state index is 5.71. The molecule has 2 nitrogen and oxygen atoms in total. The highest BCUT2D eigenvalue weighted by Crippen LogP contribution is 2.15. The van der Waals surface area contributed by atoms with Crippen molar-refractivity contribution < 1.29 is 4.74 Å². The molecule has 0 aromatic heterocycles. The topological polar surface area (TPSA) is 21.3 Å². The Balaban J connectivity index is 2.43. The molecule has 2 heteroatoms. The van der Waals surface area contributed by atoms with Crippen LogP contribution in [0.3, 0.4) is 0 Å². The molecule has 0 unspecified atom stereocenters. The lowest BCUT2D eigenvalue weighted by Gasteiger charge is -2.09. The van der Waals surface area contributed by atoms with Gasteiger partial charge in [0.25, 0.3) is 0 Å². The van der Waals surface area contributed by atoms with Crippen molar-refractivity contribution in [2.24, 2.45) is 0 Å². The van der Waals surface area contributed by atoms with Crippen LogP contribution in [0.4, 0.5) is 0 Å². The van der Waals surface area contributed by atoms with Gasteiger partial charge in [-0.2, -0.15) is 0 Å². The predicted octanol–water partition coefficient (Wildman–Crippen LogP) is 4.66. The lowest BCUT2D eigenvalue weighted by Crippen LogP contribution is -2.24. The third-order valence-corrected chi connectivity index (χ3v) is 3.10. The zero-order valence-electron chi connectivity index (χ0n) is 13.4. The van der Waals surface area contributed by atoms with E-state index in [0.29, 0.717) is 6.04 Å². The number of hydrogen-bond acceptors (Lipinski definition) is 2. The Morgan fingerprint density at radius 3 is 2.50 bits per heavy atom. The van der Waals surface area contributed by atoms with Crippen molar-refractivity contribution in [1.29, 1.82) is 0 Å². The van der Waals surface area contributed by atoms with Crippen molar-refractivity contribution in [3.63, 3.8) is 0 Å². The van der Waals surface area contributed by atoms with Gasteiger partial charge >= 0.3 is 0 Å². The van der Waals surface area contributed by atoms with Gasteiger partial charge in [-0.05, 0) is 31.0 Å². The highest BCUT2D eigenvalue weighted by atomic mass is 16.5. The second kappa shape index (κ2) is 9.60. The first-order valence-electron chi connectivity index (χ1n) is 7.75. The summed E-state index contributed by atoms with van der Waals surface area (Å²) in [6.45, 7) is 10.4. The van der Waals surface area contributed by atoms with E-state index in [1.54, 1.807) is 0 Å². The average Bonchev–Trinajstić information content (AvgIpc) is 2.43. The standard InChI is InChI=1S/C18H29NO/c1-5-6-7-12-20-18-10-8-17(9-11-18)13-16(4)14-19-15(2)3/h8-11,13,15,19H,5-7,12,14H2,1-4H3. The molecule has 1 N–H and O–H groups in total. The minimum Gasteiger partial charge on any atom is -0.494 e. The molecule has 0 heterocycles. The van der Waals surface area contributed by atoms with E-state index in [-0.39, 0.29) is 0 Å². The molecule has 0 fully saturated rings. The van der Waals surface area contributed by atoms with Gasteiger partial charge in [-0.15, -0.1) is 0 Å². The summed E-state index contributed by atoms with van der Waals surface area (Å²) in [5.74, 6) is 0.969. The second-order valence-corrected chi connectivity index (χ2v) is 5.65. The zero-order valence-corrected chi connectivity index (χ0v) is 13.4.